The van der Waals surface area contributed by atoms with Gasteiger partial charge in [0.25, 0.3) is 0 Å². The summed E-state index contributed by atoms with van der Waals surface area (Å²) in [5, 5.41) is 3.08. The van der Waals surface area contributed by atoms with Crippen molar-refractivity contribution < 1.29 is 4.79 Å². The molecule has 2 rings (SSSR count). The van der Waals surface area contributed by atoms with E-state index in [1.807, 2.05) is 0 Å². The summed E-state index contributed by atoms with van der Waals surface area (Å²) in [6.07, 6.45) is 3.41. The highest BCUT2D eigenvalue weighted by molar-refractivity contribution is 5.78. The first-order valence-corrected chi connectivity index (χ1v) is 7.18. The third-order valence-electron chi connectivity index (χ3n) is 3.85. The molecule has 1 aromatic carbocycles. The molecule has 0 spiro atoms. The van der Waals surface area contributed by atoms with E-state index in [1.54, 1.807) is 0 Å². The van der Waals surface area contributed by atoms with E-state index in [2.05, 4.69) is 43.4 Å². The summed E-state index contributed by atoms with van der Waals surface area (Å²) in [6.45, 7) is 4.34. The predicted octanol–water partition coefficient (Wildman–Crippen LogP) is 2.35. The van der Waals surface area contributed by atoms with E-state index < -0.39 is 0 Å². The minimum atomic E-state index is 0.108. The molecule has 0 heterocycles. The second-order valence-corrected chi connectivity index (χ2v) is 5.91. The Balaban J connectivity index is 1.85. The van der Waals surface area contributed by atoms with Gasteiger partial charge in [-0.3, -0.25) is 4.79 Å². The fraction of sp³-hybridized carbons (Fsp3) is 0.562. The van der Waals surface area contributed by atoms with Gasteiger partial charge in [0.1, 0.15) is 0 Å². The van der Waals surface area contributed by atoms with E-state index in [9.17, 15) is 4.79 Å². The molecule has 0 saturated heterocycles. The average molecular weight is 260 g/mol. The number of rotatable bonds is 4. The van der Waals surface area contributed by atoms with Gasteiger partial charge in [-0.25, -0.2) is 0 Å². The van der Waals surface area contributed by atoms with E-state index in [4.69, 9.17) is 5.73 Å². The van der Waals surface area contributed by atoms with Crippen LogP contribution < -0.4 is 11.1 Å². The maximum atomic E-state index is 11.9. The lowest BCUT2D eigenvalue weighted by molar-refractivity contribution is -0.121. The van der Waals surface area contributed by atoms with Gasteiger partial charge in [-0.1, -0.05) is 38.1 Å². The highest BCUT2D eigenvalue weighted by Gasteiger charge is 2.22. The lowest BCUT2D eigenvalue weighted by Crippen LogP contribution is -2.35. The smallest absolute Gasteiger partial charge is 0.224 e. The molecular formula is C16H24N2O. The van der Waals surface area contributed by atoms with Crippen LogP contribution in [-0.2, 0) is 11.2 Å². The Bertz CT molecular complexity index is 425. The Labute approximate surface area is 115 Å². The van der Waals surface area contributed by atoms with Crippen molar-refractivity contribution in [3.8, 4) is 0 Å². The first-order chi connectivity index (χ1) is 9.04. The van der Waals surface area contributed by atoms with Crippen LogP contribution in [0.15, 0.2) is 24.3 Å². The molecule has 0 radical (unpaired) electrons. The molecule has 1 aromatic rings. The van der Waals surface area contributed by atoms with E-state index in [0.717, 1.165) is 24.8 Å². The number of nitrogens with one attached hydrogen (secondary N) is 1. The fourth-order valence-corrected chi connectivity index (χ4v) is 2.63. The molecule has 1 amide bonds. The van der Waals surface area contributed by atoms with Crippen molar-refractivity contribution in [1.82, 2.24) is 5.32 Å². The Morgan fingerprint density at radius 1 is 1.32 bits per heavy atom. The van der Waals surface area contributed by atoms with Gasteiger partial charge in [0, 0.05) is 12.1 Å². The fourth-order valence-electron chi connectivity index (χ4n) is 2.63. The zero-order valence-corrected chi connectivity index (χ0v) is 11.9. The molecule has 1 aliphatic carbocycles. The van der Waals surface area contributed by atoms with Crippen molar-refractivity contribution in [2.24, 2.45) is 5.73 Å². The number of benzene rings is 1. The molecule has 104 valence electrons. The molecule has 3 N–H and O–H groups in total. The standard InChI is InChI=1S/C16H24N2O/c1-11(2)13-5-3-12(4-6-13)9-16(19)18-15-8-7-14(17)10-15/h3-6,11,14-15H,7-10,17H2,1-2H3,(H,18,19). The quantitative estimate of drug-likeness (QED) is 0.873. The maximum Gasteiger partial charge on any atom is 0.224 e. The summed E-state index contributed by atoms with van der Waals surface area (Å²) < 4.78 is 0. The number of hydrogen-bond donors (Lipinski definition) is 2. The van der Waals surface area contributed by atoms with E-state index in [-0.39, 0.29) is 18.0 Å². The molecule has 2 atom stereocenters. The zero-order chi connectivity index (χ0) is 13.8. The monoisotopic (exact) mass is 260 g/mol. The molecule has 2 unspecified atom stereocenters. The Morgan fingerprint density at radius 3 is 2.53 bits per heavy atom. The summed E-state index contributed by atoms with van der Waals surface area (Å²) in [4.78, 5) is 11.9. The molecular weight excluding hydrogens is 236 g/mol. The molecule has 19 heavy (non-hydrogen) atoms. The van der Waals surface area contributed by atoms with Crippen LogP contribution in [0.1, 0.15) is 50.2 Å². The summed E-state index contributed by atoms with van der Waals surface area (Å²) in [5.41, 5.74) is 8.23. The largest absolute Gasteiger partial charge is 0.353 e. The molecule has 3 nitrogen and oxygen atoms in total. The van der Waals surface area contributed by atoms with Crippen LogP contribution in [0.2, 0.25) is 0 Å². The third kappa shape index (κ3) is 4.06. The van der Waals surface area contributed by atoms with Crippen LogP contribution in [-0.4, -0.2) is 18.0 Å². The molecule has 1 saturated carbocycles. The predicted molar refractivity (Wildman–Crippen MR) is 78.0 cm³/mol. The summed E-state index contributed by atoms with van der Waals surface area (Å²) >= 11 is 0. The Morgan fingerprint density at radius 2 is 2.00 bits per heavy atom. The first kappa shape index (κ1) is 14.1. The van der Waals surface area contributed by atoms with Crippen molar-refractivity contribution in [2.45, 2.75) is 57.5 Å². The topological polar surface area (TPSA) is 55.1 Å². The lowest BCUT2D eigenvalue weighted by Gasteiger charge is -2.12. The summed E-state index contributed by atoms with van der Waals surface area (Å²) in [5.74, 6) is 0.638. The molecule has 1 fully saturated rings. The van der Waals surface area contributed by atoms with Gasteiger partial charge < -0.3 is 11.1 Å². The molecule has 1 aliphatic rings. The van der Waals surface area contributed by atoms with Gasteiger partial charge in [-0.05, 0) is 36.3 Å². The SMILES string of the molecule is CC(C)c1ccc(CC(=O)NC2CCC(N)C2)cc1. The van der Waals surface area contributed by atoms with Crippen molar-refractivity contribution in [3.05, 3.63) is 35.4 Å². The number of amides is 1. The van der Waals surface area contributed by atoms with Crippen LogP contribution in [0.3, 0.4) is 0 Å². The lowest BCUT2D eigenvalue weighted by atomic mass is 10.0. The van der Waals surface area contributed by atoms with Gasteiger partial charge in [0.15, 0.2) is 0 Å². The molecule has 0 aromatic heterocycles. The normalized spacial score (nSPS) is 22.7. The number of hydrogen-bond acceptors (Lipinski definition) is 2. The van der Waals surface area contributed by atoms with Gasteiger partial charge >= 0.3 is 0 Å². The van der Waals surface area contributed by atoms with Crippen LogP contribution in [0.4, 0.5) is 0 Å². The summed E-state index contributed by atoms with van der Waals surface area (Å²) in [6, 6.07) is 8.86. The highest BCUT2D eigenvalue weighted by Crippen LogP contribution is 2.18. The van der Waals surface area contributed by atoms with E-state index >= 15 is 0 Å². The van der Waals surface area contributed by atoms with Gasteiger partial charge in [0.05, 0.1) is 6.42 Å². The Hall–Kier alpha value is -1.35. The number of nitrogens with two attached hydrogens (primary N) is 1. The van der Waals surface area contributed by atoms with Crippen molar-refractivity contribution in [2.75, 3.05) is 0 Å². The molecule has 3 heteroatoms. The van der Waals surface area contributed by atoms with Gasteiger partial charge in [0.2, 0.25) is 5.91 Å². The average Bonchev–Trinajstić information content (AvgIpc) is 2.75. The number of carbonyl (C=O) groups is 1. The Kier molecular flexibility index (Phi) is 4.59. The summed E-state index contributed by atoms with van der Waals surface area (Å²) in [7, 11) is 0. The van der Waals surface area contributed by atoms with Crippen molar-refractivity contribution in [3.63, 3.8) is 0 Å². The maximum absolute atomic E-state index is 11.9. The zero-order valence-electron chi connectivity index (χ0n) is 11.9. The number of carbonyl (C=O) groups excluding carboxylic acids is 1. The van der Waals surface area contributed by atoms with Crippen LogP contribution in [0.5, 0.6) is 0 Å². The van der Waals surface area contributed by atoms with Crippen molar-refractivity contribution in [1.29, 1.82) is 0 Å². The minimum absolute atomic E-state index is 0.108. The van der Waals surface area contributed by atoms with Crippen molar-refractivity contribution >= 4 is 5.91 Å². The van der Waals surface area contributed by atoms with Crippen LogP contribution in [0, 0.1) is 0 Å². The molecule has 0 aliphatic heterocycles. The molecule has 0 bridgehead atoms. The van der Waals surface area contributed by atoms with Gasteiger partial charge in [-0.2, -0.15) is 0 Å². The highest BCUT2D eigenvalue weighted by atomic mass is 16.1. The first-order valence-electron chi connectivity index (χ1n) is 7.18. The van der Waals surface area contributed by atoms with E-state index in [0.29, 0.717) is 12.3 Å². The second kappa shape index (κ2) is 6.20. The van der Waals surface area contributed by atoms with Crippen LogP contribution >= 0.6 is 0 Å². The van der Waals surface area contributed by atoms with Gasteiger partial charge in [-0.15, -0.1) is 0 Å². The minimum Gasteiger partial charge on any atom is -0.353 e. The van der Waals surface area contributed by atoms with E-state index in [1.165, 1.54) is 5.56 Å². The third-order valence-corrected chi connectivity index (χ3v) is 3.85. The second-order valence-electron chi connectivity index (χ2n) is 5.91. The van der Waals surface area contributed by atoms with Crippen LogP contribution in [0.25, 0.3) is 0 Å².